The summed E-state index contributed by atoms with van der Waals surface area (Å²) in [5, 5.41) is 0. The van der Waals surface area contributed by atoms with Gasteiger partial charge in [-0.3, -0.25) is 4.72 Å². The Morgan fingerprint density at radius 2 is 2.50 bits per heavy atom. The molecule has 14 heavy (non-hydrogen) atoms. The van der Waals surface area contributed by atoms with Gasteiger partial charge < -0.3 is 4.40 Å². The lowest BCUT2D eigenvalue weighted by molar-refractivity contribution is 0.940. The van der Waals surface area contributed by atoms with E-state index in [4.69, 9.17) is 0 Å². The summed E-state index contributed by atoms with van der Waals surface area (Å²) in [5.74, 6) is 0. The molecule has 0 saturated carbocycles. The fourth-order valence-electron chi connectivity index (χ4n) is 1.24. The molecule has 0 aliphatic carbocycles. The molecule has 0 bridgehead atoms. The van der Waals surface area contributed by atoms with E-state index in [1.165, 1.54) is 0 Å². The van der Waals surface area contributed by atoms with Gasteiger partial charge >= 0.3 is 0 Å². The second-order valence-electron chi connectivity index (χ2n) is 2.87. The Bertz CT molecular complexity index is 441. The molecule has 2 aromatic heterocycles. The lowest BCUT2D eigenvalue weighted by atomic mass is 10.5. The average Bonchev–Trinajstić information content (AvgIpc) is 2.56. The molecular formula is C9H10BrN3S. The number of pyridine rings is 1. The van der Waals surface area contributed by atoms with Crippen molar-refractivity contribution < 1.29 is 0 Å². The summed E-state index contributed by atoms with van der Waals surface area (Å²) in [6, 6.07) is 4.00. The standard InChI is InChI=1S/C9H10BrN3S/c1-14-11-5-8-6-13-3-2-7(10)4-9(13)12-8/h2-4,6,11H,5H2,1H3. The summed E-state index contributed by atoms with van der Waals surface area (Å²) < 4.78 is 6.24. The molecule has 5 heteroatoms. The number of rotatable bonds is 3. The highest BCUT2D eigenvalue weighted by Crippen LogP contribution is 2.13. The Hall–Kier alpha value is -0.520. The van der Waals surface area contributed by atoms with E-state index in [2.05, 4.69) is 25.6 Å². The van der Waals surface area contributed by atoms with Gasteiger partial charge in [0.1, 0.15) is 5.65 Å². The Morgan fingerprint density at radius 3 is 3.29 bits per heavy atom. The Morgan fingerprint density at radius 1 is 1.64 bits per heavy atom. The van der Waals surface area contributed by atoms with E-state index in [9.17, 15) is 0 Å². The van der Waals surface area contributed by atoms with Crippen LogP contribution < -0.4 is 4.72 Å². The van der Waals surface area contributed by atoms with Crippen molar-refractivity contribution in [3.05, 3.63) is 34.7 Å². The SMILES string of the molecule is CSNCc1cn2ccc(Br)cc2n1. The molecule has 2 rings (SSSR count). The van der Waals surface area contributed by atoms with Gasteiger partial charge in [0.25, 0.3) is 0 Å². The minimum atomic E-state index is 0.792. The molecule has 74 valence electrons. The van der Waals surface area contributed by atoms with Gasteiger partial charge in [-0.15, -0.1) is 0 Å². The van der Waals surface area contributed by atoms with Crippen molar-refractivity contribution in [3.8, 4) is 0 Å². The van der Waals surface area contributed by atoms with Crippen molar-refractivity contribution in [2.45, 2.75) is 6.54 Å². The summed E-state index contributed by atoms with van der Waals surface area (Å²) in [4.78, 5) is 4.47. The van der Waals surface area contributed by atoms with Crippen LogP contribution in [0.2, 0.25) is 0 Å². The number of fused-ring (bicyclic) bond motifs is 1. The minimum Gasteiger partial charge on any atom is -0.307 e. The molecule has 0 fully saturated rings. The molecule has 2 heterocycles. The second-order valence-corrected chi connectivity index (χ2v) is 4.48. The van der Waals surface area contributed by atoms with Gasteiger partial charge in [0.2, 0.25) is 0 Å². The van der Waals surface area contributed by atoms with E-state index in [1.54, 1.807) is 11.9 Å². The minimum absolute atomic E-state index is 0.792. The molecule has 0 amide bonds. The van der Waals surface area contributed by atoms with Gasteiger partial charge in [0.05, 0.1) is 5.69 Å². The maximum Gasteiger partial charge on any atom is 0.138 e. The van der Waals surface area contributed by atoms with Crippen LogP contribution in [0.5, 0.6) is 0 Å². The van der Waals surface area contributed by atoms with Gasteiger partial charge in [0.15, 0.2) is 0 Å². The zero-order valence-corrected chi connectivity index (χ0v) is 10.1. The van der Waals surface area contributed by atoms with Crippen molar-refractivity contribution in [3.63, 3.8) is 0 Å². The monoisotopic (exact) mass is 271 g/mol. The van der Waals surface area contributed by atoms with E-state index in [0.29, 0.717) is 0 Å². The average molecular weight is 272 g/mol. The third kappa shape index (κ3) is 2.10. The largest absolute Gasteiger partial charge is 0.307 e. The molecular weight excluding hydrogens is 262 g/mol. The van der Waals surface area contributed by atoms with Crippen LogP contribution in [0.15, 0.2) is 29.0 Å². The second kappa shape index (κ2) is 4.33. The molecule has 2 aromatic rings. The summed E-state index contributed by atoms with van der Waals surface area (Å²) in [7, 11) is 0. The van der Waals surface area contributed by atoms with Crippen LogP contribution in [0.1, 0.15) is 5.69 Å². The topological polar surface area (TPSA) is 29.3 Å². The number of nitrogens with zero attached hydrogens (tertiary/aromatic N) is 2. The molecule has 0 radical (unpaired) electrons. The van der Waals surface area contributed by atoms with Crippen LogP contribution in [0.25, 0.3) is 5.65 Å². The van der Waals surface area contributed by atoms with Crippen LogP contribution in [-0.4, -0.2) is 15.6 Å². The summed E-state index contributed by atoms with van der Waals surface area (Å²) >= 11 is 5.02. The quantitative estimate of drug-likeness (QED) is 0.870. The molecule has 0 saturated heterocycles. The first kappa shape index (κ1) is 10.0. The fraction of sp³-hybridized carbons (Fsp3) is 0.222. The first-order valence-electron chi connectivity index (χ1n) is 4.18. The zero-order valence-electron chi connectivity index (χ0n) is 7.70. The van der Waals surface area contributed by atoms with Crippen LogP contribution in [0.3, 0.4) is 0 Å². The number of aromatic nitrogens is 2. The highest BCUT2D eigenvalue weighted by Gasteiger charge is 2.00. The van der Waals surface area contributed by atoms with E-state index >= 15 is 0 Å². The Labute approximate surface area is 95.2 Å². The zero-order chi connectivity index (χ0) is 9.97. The number of halogens is 1. The van der Waals surface area contributed by atoms with Gasteiger partial charge in [-0.05, 0) is 18.4 Å². The summed E-state index contributed by atoms with van der Waals surface area (Å²) in [6.45, 7) is 0.792. The van der Waals surface area contributed by atoms with E-state index in [-0.39, 0.29) is 0 Å². The van der Waals surface area contributed by atoms with Crippen molar-refractivity contribution in [2.75, 3.05) is 6.26 Å². The highest BCUT2D eigenvalue weighted by atomic mass is 79.9. The molecule has 3 nitrogen and oxygen atoms in total. The lowest BCUT2D eigenvalue weighted by Gasteiger charge is -1.93. The molecule has 1 N–H and O–H groups in total. The van der Waals surface area contributed by atoms with Gasteiger partial charge in [-0.25, -0.2) is 4.98 Å². The summed E-state index contributed by atoms with van der Waals surface area (Å²) in [5.41, 5.74) is 2.02. The van der Waals surface area contributed by atoms with E-state index in [1.807, 2.05) is 35.2 Å². The smallest absolute Gasteiger partial charge is 0.138 e. The molecule has 0 aromatic carbocycles. The maximum absolute atomic E-state index is 4.47. The molecule has 0 aliphatic rings. The van der Waals surface area contributed by atoms with Gasteiger partial charge in [-0.1, -0.05) is 27.9 Å². The molecule has 0 spiro atoms. The summed E-state index contributed by atoms with van der Waals surface area (Å²) in [6.07, 6.45) is 6.03. The van der Waals surface area contributed by atoms with Crippen LogP contribution in [0, 0.1) is 0 Å². The van der Waals surface area contributed by atoms with Crippen LogP contribution in [-0.2, 0) is 6.54 Å². The van der Waals surface area contributed by atoms with E-state index in [0.717, 1.165) is 22.4 Å². The molecule has 0 atom stereocenters. The fourth-order valence-corrected chi connectivity index (χ4v) is 1.86. The van der Waals surface area contributed by atoms with Crippen molar-refractivity contribution in [1.82, 2.24) is 14.1 Å². The number of hydrogen-bond donors (Lipinski definition) is 1. The lowest BCUT2D eigenvalue weighted by Crippen LogP contribution is -2.01. The van der Waals surface area contributed by atoms with Gasteiger partial charge in [0, 0.05) is 23.4 Å². The van der Waals surface area contributed by atoms with Gasteiger partial charge in [-0.2, -0.15) is 0 Å². The van der Waals surface area contributed by atoms with E-state index < -0.39 is 0 Å². The van der Waals surface area contributed by atoms with Crippen molar-refractivity contribution in [1.29, 1.82) is 0 Å². The highest BCUT2D eigenvalue weighted by molar-refractivity contribution is 9.10. The van der Waals surface area contributed by atoms with Crippen LogP contribution >= 0.6 is 27.9 Å². The van der Waals surface area contributed by atoms with Crippen molar-refractivity contribution in [2.24, 2.45) is 0 Å². The van der Waals surface area contributed by atoms with Crippen LogP contribution in [0.4, 0.5) is 0 Å². The Balaban J connectivity index is 2.32. The number of hydrogen-bond acceptors (Lipinski definition) is 3. The predicted molar refractivity (Wildman–Crippen MR) is 63.2 cm³/mol. The Kier molecular flexibility index (Phi) is 3.10. The first-order valence-corrected chi connectivity index (χ1v) is 6.20. The maximum atomic E-state index is 4.47. The predicted octanol–water partition coefficient (Wildman–Crippen LogP) is 2.46. The first-order chi connectivity index (χ1) is 6.79. The normalized spacial score (nSPS) is 11.0. The van der Waals surface area contributed by atoms with Crippen molar-refractivity contribution >= 4 is 33.5 Å². The molecule has 0 aliphatic heterocycles. The third-order valence-electron chi connectivity index (χ3n) is 1.87. The number of nitrogens with one attached hydrogen (secondary N) is 1. The third-order valence-corrected chi connectivity index (χ3v) is 2.80. The molecule has 0 unspecified atom stereocenters. The number of imidazole rings is 1.